The highest BCUT2D eigenvalue weighted by Gasteiger charge is 2.04. The Morgan fingerprint density at radius 3 is 2.47 bits per heavy atom. The highest BCUT2D eigenvalue weighted by Crippen LogP contribution is 1.85. The van der Waals surface area contributed by atoms with Crippen LogP contribution in [0.1, 0.15) is 6.92 Å². The molecule has 0 atom stereocenters. The van der Waals surface area contributed by atoms with Gasteiger partial charge < -0.3 is 10.1 Å². The Kier molecular flexibility index (Phi) is 6.37. The Morgan fingerprint density at radius 2 is 2.00 bits per heavy atom. The number of rotatable bonds is 6. The summed E-state index contributed by atoms with van der Waals surface area (Å²) >= 11 is 0. The molecule has 86 valence electrons. The topological polar surface area (TPSA) is 58.6 Å². The van der Waals surface area contributed by atoms with Crippen LogP contribution in [-0.2, 0) is 14.3 Å². The Morgan fingerprint density at radius 1 is 1.40 bits per heavy atom. The van der Waals surface area contributed by atoms with E-state index in [-0.39, 0.29) is 25.0 Å². The monoisotopic (exact) mass is 214 g/mol. The van der Waals surface area contributed by atoms with E-state index in [0.29, 0.717) is 12.1 Å². The minimum Gasteiger partial charge on any atom is -0.463 e. The van der Waals surface area contributed by atoms with E-state index in [1.54, 1.807) is 25.9 Å². The van der Waals surface area contributed by atoms with Gasteiger partial charge in [0.15, 0.2) is 0 Å². The van der Waals surface area contributed by atoms with Crippen molar-refractivity contribution in [1.29, 1.82) is 0 Å². The van der Waals surface area contributed by atoms with Crippen LogP contribution < -0.4 is 5.32 Å². The average molecular weight is 214 g/mol. The van der Waals surface area contributed by atoms with Gasteiger partial charge in [-0.25, -0.2) is 0 Å². The van der Waals surface area contributed by atoms with Crippen molar-refractivity contribution in [2.24, 2.45) is 0 Å². The molecule has 0 saturated carbocycles. The van der Waals surface area contributed by atoms with Gasteiger partial charge in [0.05, 0.1) is 13.1 Å². The first-order valence-electron chi connectivity index (χ1n) is 4.67. The average Bonchev–Trinajstić information content (AvgIpc) is 2.10. The smallest absolute Gasteiger partial charge is 0.320 e. The van der Waals surface area contributed by atoms with E-state index in [4.69, 9.17) is 4.74 Å². The number of nitrogens with zero attached hydrogens (tertiary/aromatic N) is 1. The van der Waals surface area contributed by atoms with E-state index < -0.39 is 0 Å². The van der Waals surface area contributed by atoms with Crippen LogP contribution in [0.2, 0.25) is 0 Å². The largest absolute Gasteiger partial charge is 0.463 e. The third-order valence-electron chi connectivity index (χ3n) is 1.48. The zero-order chi connectivity index (χ0) is 11.8. The van der Waals surface area contributed by atoms with Crippen LogP contribution in [0.4, 0.5) is 0 Å². The van der Waals surface area contributed by atoms with Crippen molar-refractivity contribution < 1.29 is 14.3 Å². The third-order valence-corrected chi connectivity index (χ3v) is 1.48. The molecule has 1 N–H and O–H groups in total. The molecule has 0 rings (SSSR count). The van der Waals surface area contributed by atoms with Gasteiger partial charge in [-0.1, -0.05) is 6.58 Å². The Bertz CT molecular complexity index is 249. The molecule has 5 nitrogen and oxygen atoms in total. The lowest BCUT2D eigenvalue weighted by molar-refractivity contribution is -0.144. The van der Waals surface area contributed by atoms with Crippen molar-refractivity contribution in [2.75, 3.05) is 33.8 Å². The minimum absolute atomic E-state index is 0.186. The number of likely N-dealkylation sites (N-methyl/N-ethyl adjacent to an activating group) is 1. The molecule has 0 aliphatic heterocycles. The van der Waals surface area contributed by atoms with E-state index in [1.165, 1.54) is 0 Å². The van der Waals surface area contributed by atoms with Crippen LogP contribution in [0.3, 0.4) is 0 Å². The maximum atomic E-state index is 11.0. The van der Waals surface area contributed by atoms with Gasteiger partial charge in [-0.3, -0.25) is 14.5 Å². The Labute approximate surface area is 90.1 Å². The summed E-state index contributed by atoms with van der Waals surface area (Å²) in [6, 6.07) is 0. The number of nitrogens with one attached hydrogen (secondary N) is 1. The minimum atomic E-state index is -0.301. The maximum Gasteiger partial charge on any atom is 0.320 e. The molecule has 0 radical (unpaired) electrons. The lowest BCUT2D eigenvalue weighted by Crippen LogP contribution is -2.30. The number of carbonyl (C=O) groups excluding carboxylic acids is 2. The molecule has 15 heavy (non-hydrogen) atoms. The standard InChI is InChI=1S/C10H18N2O3/c1-8(2)10(14)11-5-6-15-9(13)7-12(3)4/h1,5-7H2,2-4H3,(H,11,14). The van der Waals surface area contributed by atoms with Crippen LogP contribution >= 0.6 is 0 Å². The fourth-order valence-corrected chi connectivity index (χ4v) is 0.784. The first-order valence-corrected chi connectivity index (χ1v) is 4.67. The fourth-order valence-electron chi connectivity index (χ4n) is 0.784. The van der Waals surface area contributed by atoms with Gasteiger partial charge in [-0.2, -0.15) is 0 Å². The van der Waals surface area contributed by atoms with Crippen LogP contribution in [-0.4, -0.2) is 50.6 Å². The molecule has 0 aromatic carbocycles. The molecule has 0 fully saturated rings. The first kappa shape index (κ1) is 13.6. The van der Waals surface area contributed by atoms with Crippen molar-refractivity contribution in [2.45, 2.75) is 6.92 Å². The summed E-state index contributed by atoms with van der Waals surface area (Å²) in [7, 11) is 3.56. The summed E-state index contributed by atoms with van der Waals surface area (Å²) in [6.07, 6.45) is 0. The van der Waals surface area contributed by atoms with Crippen molar-refractivity contribution in [3.8, 4) is 0 Å². The zero-order valence-corrected chi connectivity index (χ0v) is 9.50. The Balaban J connectivity index is 3.50. The van der Waals surface area contributed by atoms with E-state index in [2.05, 4.69) is 11.9 Å². The molecule has 0 spiro atoms. The maximum absolute atomic E-state index is 11.0. The lowest BCUT2D eigenvalue weighted by atomic mass is 10.3. The van der Waals surface area contributed by atoms with Gasteiger partial charge in [0.1, 0.15) is 6.61 Å². The number of carbonyl (C=O) groups is 2. The predicted octanol–water partition coefficient (Wildman–Crippen LogP) is -0.216. The first-order chi connectivity index (χ1) is 6.93. The van der Waals surface area contributed by atoms with Gasteiger partial charge in [0, 0.05) is 5.57 Å². The van der Waals surface area contributed by atoms with Crippen molar-refractivity contribution in [3.05, 3.63) is 12.2 Å². The van der Waals surface area contributed by atoms with E-state index in [1.807, 2.05) is 0 Å². The van der Waals surface area contributed by atoms with Crippen LogP contribution in [0, 0.1) is 0 Å². The molecule has 0 aromatic heterocycles. The van der Waals surface area contributed by atoms with Gasteiger partial charge in [0.2, 0.25) is 5.91 Å². The second-order valence-corrected chi connectivity index (χ2v) is 3.49. The molecule has 1 amide bonds. The highest BCUT2D eigenvalue weighted by molar-refractivity contribution is 5.92. The van der Waals surface area contributed by atoms with Crippen LogP contribution in [0.25, 0.3) is 0 Å². The SMILES string of the molecule is C=C(C)C(=O)NCCOC(=O)CN(C)C. The predicted molar refractivity (Wildman–Crippen MR) is 57.3 cm³/mol. The third kappa shape index (κ3) is 7.69. The molecule has 0 aliphatic carbocycles. The van der Waals surface area contributed by atoms with Crippen molar-refractivity contribution in [1.82, 2.24) is 10.2 Å². The molecule has 0 aromatic rings. The van der Waals surface area contributed by atoms with Crippen LogP contribution in [0.5, 0.6) is 0 Å². The highest BCUT2D eigenvalue weighted by atomic mass is 16.5. The fraction of sp³-hybridized carbons (Fsp3) is 0.600. The number of amides is 1. The van der Waals surface area contributed by atoms with E-state index >= 15 is 0 Å². The Hall–Kier alpha value is -1.36. The van der Waals surface area contributed by atoms with Gasteiger partial charge >= 0.3 is 5.97 Å². The zero-order valence-electron chi connectivity index (χ0n) is 9.50. The second kappa shape index (κ2) is 7.00. The van der Waals surface area contributed by atoms with Gasteiger partial charge in [0.25, 0.3) is 0 Å². The van der Waals surface area contributed by atoms with Crippen LogP contribution in [0.15, 0.2) is 12.2 Å². The van der Waals surface area contributed by atoms with E-state index in [0.717, 1.165) is 0 Å². The lowest BCUT2D eigenvalue weighted by Gasteiger charge is -2.09. The van der Waals surface area contributed by atoms with Gasteiger partial charge in [-0.15, -0.1) is 0 Å². The molecular weight excluding hydrogens is 196 g/mol. The molecule has 5 heteroatoms. The summed E-state index contributed by atoms with van der Waals surface area (Å²) in [6.45, 7) is 5.84. The van der Waals surface area contributed by atoms with E-state index in [9.17, 15) is 9.59 Å². The van der Waals surface area contributed by atoms with Crippen molar-refractivity contribution >= 4 is 11.9 Å². The molecule has 0 unspecified atom stereocenters. The molecule has 0 aliphatic rings. The summed E-state index contributed by atoms with van der Waals surface area (Å²) in [5, 5.41) is 2.56. The summed E-state index contributed by atoms with van der Waals surface area (Å²) < 4.78 is 4.86. The summed E-state index contributed by atoms with van der Waals surface area (Å²) in [4.78, 5) is 23.8. The second-order valence-electron chi connectivity index (χ2n) is 3.49. The normalized spacial score (nSPS) is 9.87. The van der Waals surface area contributed by atoms with Crippen molar-refractivity contribution in [3.63, 3.8) is 0 Å². The summed E-state index contributed by atoms with van der Waals surface area (Å²) in [5.74, 6) is -0.525. The van der Waals surface area contributed by atoms with Gasteiger partial charge in [-0.05, 0) is 21.0 Å². The number of hydrogen-bond acceptors (Lipinski definition) is 4. The number of esters is 1. The molecule has 0 saturated heterocycles. The molecular formula is C10H18N2O3. The quantitative estimate of drug-likeness (QED) is 0.377. The summed E-state index contributed by atoms with van der Waals surface area (Å²) in [5.41, 5.74) is 0.439. The molecule has 0 heterocycles. The molecule has 0 bridgehead atoms. The number of ether oxygens (including phenoxy) is 1. The number of hydrogen-bond donors (Lipinski definition) is 1.